The van der Waals surface area contributed by atoms with Gasteiger partial charge >= 0.3 is 0 Å². The van der Waals surface area contributed by atoms with Crippen LogP contribution in [0, 0.1) is 5.41 Å². The number of fused-ring (bicyclic) bond motifs is 1. The first kappa shape index (κ1) is 25.3. The van der Waals surface area contributed by atoms with Crippen LogP contribution in [0.4, 0.5) is 0 Å². The molecule has 172 valence electrons. The van der Waals surface area contributed by atoms with E-state index in [9.17, 15) is 14.7 Å². The zero-order chi connectivity index (χ0) is 22.2. The number of nitrogens with two attached hydrogens (primary N) is 1. The predicted octanol–water partition coefficient (Wildman–Crippen LogP) is 1.15. The van der Waals surface area contributed by atoms with Gasteiger partial charge in [0.15, 0.2) is 0 Å². The van der Waals surface area contributed by atoms with Crippen molar-refractivity contribution < 1.29 is 14.7 Å². The first-order valence-corrected chi connectivity index (χ1v) is 10.4. The van der Waals surface area contributed by atoms with Crippen LogP contribution < -0.4 is 21.7 Å². The van der Waals surface area contributed by atoms with Crippen molar-refractivity contribution >= 4 is 30.1 Å². The van der Waals surface area contributed by atoms with E-state index in [0.29, 0.717) is 12.1 Å². The molecule has 1 aliphatic carbocycles. The highest BCUT2D eigenvalue weighted by Crippen LogP contribution is 2.29. The van der Waals surface area contributed by atoms with Crippen molar-refractivity contribution in [2.45, 2.75) is 37.9 Å². The highest BCUT2D eigenvalue weighted by Gasteiger charge is 2.22. The Hall–Kier alpha value is -2.94. The Morgan fingerprint density at radius 2 is 1.88 bits per heavy atom. The summed E-state index contributed by atoms with van der Waals surface area (Å²) in [4.78, 5) is 24.7. The summed E-state index contributed by atoms with van der Waals surface area (Å²) in [5, 5.41) is 25.5. The van der Waals surface area contributed by atoms with Crippen molar-refractivity contribution in [3.8, 4) is 0 Å². The van der Waals surface area contributed by atoms with Crippen molar-refractivity contribution in [2.24, 2.45) is 5.73 Å². The average Bonchev–Trinajstić information content (AvgIpc) is 2.78. The molecule has 2 aromatic rings. The van der Waals surface area contributed by atoms with Crippen LogP contribution in [0.5, 0.6) is 0 Å². The Morgan fingerprint density at radius 1 is 1.16 bits per heavy atom. The molecular weight excluding hydrogens is 430 g/mol. The van der Waals surface area contributed by atoms with Crippen LogP contribution in [0.3, 0.4) is 0 Å². The predicted molar refractivity (Wildman–Crippen MR) is 126 cm³/mol. The van der Waals surface area contributed by atoms with Gasteiger partial charge < -0.3 is 21.5 Å². The molecular formula is C23H30ClN5O3. The third-order valence-electron chi connectivity index (χ3n) is 5.44. The maximum absolute atomic E-state index is 12.4. The summed E-state index contributed by atoms with van der Waals surface area (Å²) in [5.41, 5.74) is 9.33. The molecule has 0 fully saturated rings. The van der Waals surface area contributed by atoms with E-state index in [1.165, 1.54) is 5.56 Å². The molecule has 2 unspecified atom stereocenters. The van der Waals surface area contributed by atoms with Gasteiger partial charge in [0, 0.05) is 12.1 Å². The number of amidine groups is 1. The van der Waals surface area contributed by atoms with Gasteiger partial charge in [-0.15, -0.1) is 12.4 Å². The molecule has 3 rings (SSSR count). The van der Waals surface area contributed by atoms with Gasteiger partial charge in [0.2, 0.25) is 11.8 Å². The monoisotopic (exact) mass is 459 g/mol. The summed E-state index contributed by atoms with van der Waals surface area (Å²) < 4.78 is 0. The van der Waals surface area contributed by atoms with E-state index in [4.69, 9.17) is 11.1 Å². The van der Waals surface area contributed by atoms with Gasteiger partial charge in [0.1, 0.15) is 11.9 Å². The van der Waals surface area contributed by atoms with E-state index < -0.39 is 18.6 Å². The Labute approximate surface area is 193 Å². The summed E-state index contributed by atoms with van der Waals surface area (Å²) >= 11 is 0. The number of benzene rings is 2. The van der Waals surface area contributed by atoms with Crippen molar-refractivity contribution in [3.05, 3.63) is 70.8 Å². The molecule has 8 nitrogen and oxygen atoms in total. The number of aliphatic hydroxyl groups excluding tert-OH is 1. The lowest BCUT2D eigenvalue weighted by Crippen LogP contribution is -2.49. The van der Waals surface area contributed by atoms with E-state index in [2.05, 4.69) is 22.0 Å². The summed E-state index contributed by atoms with van der Waals surface area (Å²) in [7, 11) is 0. The van der Waals surface area contributed by atoms with E-state index in [0.717, 1.165) is 30.4 Å². The number of carbonyl (C=O) groups is 2. The molecule has 0 heterocycles. The Balaban J connectivity index is 0.00000363. The van der Waals surface area contributed by atoms with Gasteiger partial charge in [-0.05, 0) is 36.0 Å². The van der Waals surface area contributed by atoms with Gasteiger partial charge in [0.05, 0.1) is 19.2 Å². The number of hydrogen-bond acceptors (Lipinski definition) is 5. The number of nitrogens with one attached hydrogen (secondary N) is 4. The second-order valence-electron chi connectivity index (χ2n) is 7.66. The summed E-state index contributed by atoms with van der Waals surface area (Å²) in [5.74, 6) is -0.712. The highest BCUT2D eigenvalue weighted by atomic mass is 35.5. The number of hydrogen-bond donors (Lipinski definition) is 6. The van der Waals surface area contributed by atoms with Crippen molar-refractivity contribution in [3.63, 3.8) is 0 Å². The fourth-order valence-electron chi connectivity index (χ4n) is 3.72. The Morgan fingerprint density at radius 3 is 2.56 bits per heavy atom. The lowest BCUT2D eigenvalue weighted by molar-refractivity contribution is -0.128. The molecule has 0 bridgehead atoms. The third kappa shape index (κ3) is 6.78. The van der Waals surface area contributed by atoms with Crippen LogP contribution in [-0.4, -0.2) is 41.9 Å². The first-order valence-electron chi connectivity index (χ1n) is 10.4. The van der Waals surface area contributed by atoms with E-state index in [1.807, 2.05) is 18.2 Å². The van der Waals surface area contributed by atoms with Crippen molar-refractivity contribution in [2.75, 3.05) is 13.2 Å². The van der Waals surface area contributed by atoms with Crippen LogP contribution in [0.15, 0.2) is 48.5 Å². The maximum atomic E-state index is 12.4. The topological polar surface area (TPSA) is 140 Å². The van der Waals surface area contributed by atoms with Gasteiger partial charge in [0.25, 0.3) is 0 Å². The van der Waals surface area contributed by atoms with Crippen molar-refractivity contribution in [1.29, 1.82) is 5.41 Å². The number of aryl methyl sites for hydroxylation is 1. The van der Waals surface area contributed by atoms with Gasteiger partial charge in [-0.1, -0.05) is 48.5 Å². The van der Waals surface area contributed by atoms with Crippen LogP contribution in [0.25, 0.3) is 0 Å². The fourth-order valence-corrected chi connectivity index (χ4v) is 3.72. The first-order chi connectivity index (χ1) is 15.0. The van der Waals surface area contributed by atoms with Crippen LogP contribution in [0.2, 0.25) is 0 Å². The van der Waals surface area contributed by atoms with Gasteiger partial charge in [-0.2, -0.15) is 0 Å². The number of carbonyl (C=O) groups excluding carboxylic acids is 2. The zero-order valence-electron chi connectivity index (χ0n) is 17.8. The minimum Gasteiger partial charge on any atom is -0.394 e. The van der Waals surface area contributed by atoms with E-state index in [1.54, 1.807) is 24.3 Å². The molecule has 0 spiro atoms. The number of amides is 2. The smallest absolute Gasteiger partial charge is 0.239 e. The normalized spacial score (nSPS) is 15.6. The fraction of sp³-hybridized carbons (Fsp3) is 0.348. The number of nitrogen functional groups attached to an aromatic ring is 1. The number of halogens is 1. The van der Waals surface area contributed by atoms with E-state index in [-0.39, 0.29) is 36.7 Å². The van der Waals surface area contributed by atoms with E-state index >= 15 is 0 Å². The molecule has 2 aromatic carbocycles. The van der Waals surface area contributed by atoms with Crippen molar-refractivity contribution in [1.82, 2.24) is 16.0 Å². The zero-order valence-corrected chi connectivity index (χ0v) is 18.6. The summed E-state index contributed by atoms with van der Waals surface area (Å²) in [6, 6.07) is 14.3. The molecule has 7 N–H and O–H groups in total. The lowest BCUT2D eigenvalue weighted by Gasteiger charge is -2.26. The highest BCUT2D eigenvalue weighted by molar-refractivity contribution is 5.94. The molecule has 0 saturated carbocycles. The van der Waals surface area contributed by atoms with Gasteiger partial charge in [-0.25, -0.2) is 0 Å². The molecule has 0 radical (unpaired) electrons. The summed E-state index contributed by atoms with van der Waals surface area (Å²) in [6.45, 7) is -0.195. The van der Waals surface area contributed by atoms with Crippen LogP contribution in [0.1, 0.15) is 41.1 Å². The molecule has 0 aromatic heterocycles. The summed E-state index contributed by atoms with van der Waals surface area (Å²) in [6.07, 6.45) is 2.90. The standard InChI is InChI=1S/C23H29N5O3.ClH/c24-22(25)17-10-8-15(9-11-17)12-26-20(14-29)23(31)27-13-21(30)28-19-7-3-5-16-4-1-2-6-18(16)19;/h1-2,4,6,8-11,19-20,26,29H,3,5,7,12-14H2,(H3,24,25)(H,27,31)(H,28,30);1H. The second kappa shape index (κ2) is 12.2. The minimum absolute atomic E-state index is 0. The van der Waals surface area contributed by atoms with Crippen LogP contribution >= 0.6 is 12.4 Å². The Kier molecular flexibility index (Phi) is 9.64. The quantitative estimate of drug-likeness (QED) is 0.246. The Bertz CT molecular complexity index is 935. The molecule has 2 atom stereocenters. The molecule has 1 aliphatic rings. The molecule has 32 heavy (non-hydrogen) atoms. The second-order valence-corrected chi connectivity index (χ2v) is 7.66. The molecule has 0 aliphatic heterocycles. The number of rotatable bonds is 9. The third-order valence-corrected chi connectivity index (χ3v) is 5.44. The molecule has 2 amide bonds. The largest absolute Gasteiger partial charge is 0.394 e. The minimum atomic E-state index is -0.837. The van der Waals surface area contributed by atoms with Gasteiger partial charge in [-0.3, -0.25) is 20.3 Å². The maximum Gasteiger partial charge on any atom is 0.239 e. The van der Waals surface area contributed by atoms with Crippen LogP contribution in [-0.2, 0) is 22.6 Å². The average molecular weight is 460 g/mol. The molecule has 9 heteroatoms. The SMILES string of the molecule is Cl.N=C(N)c1ccc(CNC(CO)C(=O)NCC(=O)NC2CCCc3ccccc32)cc1. The lowest BCUT2D eigenvalue weighted by atomic mass is 9.88. The molecule has 0 saturated heterocycles. The number of aliphatic hydroxyl groups is 1.